The van der Waals surface area contributed by atoms with Crippen LogP contribution in [0.25, 0.3) is 0 Å². The third-order valence-electron chi connectivity index (χ3n) is 4.71. The molecule has 0 spiro atoms. The van der Waals surface area contributed by atoms with Crippen molar-refractivity contribution in [2.45, 2.75) is 44.6 Å². The van der Waals surface area contributed by atoms with Gasteiger partial charge in [0.25, 0.3) is 11.8 Å². The molecule has 0 bridgehead atoms. The van der Waals surface area contributed by atoms with Crippen molar-refractivity contribution in [2.24, 2.45) is 5.92 Å². The van der Waals surface area contributed by atoms with Crippen molar-refractivity contribution in [3.05, 3.63) is 23.3 Å². The minimum Gasteiger partial charge on any atom is -0.459 e. The highest BCUT2D eigenvalue weighted by Gasteiger charge is 2.57. The van der Waals surface area contributed by atoms with Crippen LogP contribution < -0.4 is 5.32 Å². The SMILES string of the molecule is C=C(C)C(=O)OCC1(C2=C(C3CCCCC3)C(=O)NC2=O)CO1. The van der Waals surface area contributed by atoms with Gasteiger partial charge in [0.15, 0.2) is 5.60 Å². The molecule has 0 aromatic carbocycles. The molecule has 2 amide bonds. The monoisotopic (exact) mass is 319 g/mol. The first kappa shape index (κ1) is 15.9. The first-order valence-electron chi connectivity index (χ1n) is 8.01. The van der Waals surface area contributed by atoms with E-state index < -0.39 is 17.5 Å². The predicted molar refractivity (Wildman–Crippen MR) is 81.2 cm³/mol. The number of rotatable bonds is 5. The number of hydrogen-bond donors (Lipinski definition) is 1. The number of nitrogens with one attached hydrogen (secondary N) is 1. The molecule has 6 nitrogen and oxygen atoms in total. The molecular weight excluding hydrogens is 298 g/mol. The molecule has 3 aliphatic rings. The highest BCUT2D eigenvalue weighted by atomic mass is 16.6. The molecule has 0 radical (unpaired) electrons. The van der Waals surface area contributed by atoms with E-state index in [1.54, 1.807) is 6.92 Å². The summed E-state index contributed by atoms with van der Waals surface area (Å²) >= 11 is 0. The molecule has 1 saturated carbocycles. The second-order valence-corrected chi connectivity index (χ2v) is 6.55. The van der Waals surface area contributed by atoms with Gasteiger partial charge in [-0.05, 0) is 25.7 Å². The zero-order valence-electron chi connectivity index (χ0n) is 13.3. The first-order chi connectivity index (χ1) is 10.9. The summed E-state index contributed by atoms with van der Waals surface area (Å²) < 4.78 is 10.6. The fraction of sp³-hybridized carbons (Fsp3) is 0.588. The molecule has 124 valence electrons. The van der Waals surface area contributed by atoms with E-state index in [-0.39, 0.29) is 30.6 Å². The van der Waals surface area contributed by atoms with E-state index in [9.17, 15) is 14.4 Å². The molecular formula is C17H21NO5. The normalized spacial score (nSPS) is 27.9. The Kier molecular flexibility index (Phi) is 4.10. The minimum absolute atomic E-state index is 0.0645. The second-order valence-electron chi connectivity index (χ2n) is 6.55. The maximum Gasteiger partial charge on any atom is 0.333 e. The molecule has 2 aliphatic heterocycles. The van der Waals surface area contributed by atoms with Crippen LogP contribution in [0.2, 0.25) is 0 Å². The number of epoxide rings is 1. The highest BCUT2D eigenvalue weighted by molar-refractivity contribution is 6.20. The maximum atomic E-state index is 12.3. The zero-order chi connectivity index (χ0) is 16.6. The quantitative estimate of drug-likeness (QED) is 0.358. The third-order valence-corrected chi connectivity index (χ3v) is 4.71. The smallest absolute Gasteiger partial charge is 0.333 e. The Morgan fingerprint density at radius 3 is 2.52 bits per heavy atom. The Labute approximate surface area is 134 Å². The lowest BCUT2D eigenvalue weighted by atomic mass is 9.80. The van der Waals surface area contributed by atoms with Gasteiger partial charge in [-0.15, -0.1) is 0 Å². The van der Waals surface area contributed by atoms with Crippen molar-refractivity contribution in [1.82, 2.24) is 5.32 Å². The van der Waals surface area contributed by atoms with E-state index in [4.69, 9.17) is 9.47 Å². The van der Waals surface area contributed by atoms with Gasteiger partial charge in [-0.1, -0.05) is 25.8 Å². The average Bonchev–Trinajstić information content (AvgIpc) is 3.24. The summed E-state index contributed by atoms with van der Waals surface area (Å²) in [5.74, 6) is -1.18. The topological polar surface area (TPSA) is 85.0 Å². The summed E-state index contributed by atoms with van der Waals surface area (Å²) in [7, 11) is 0. The standard InChI is InChI=1S/C17H21NO5/c1-10(2)16(21)22-8-17(9-23-17)13-12(14(19)18-15(13)20)11-6-4-3-5-7-11/h11H,1,3-9H2,2H3,(H,18,19,20). The van der Waals surface area contributed by atoms with Crippen molar-refractivity contribution < 1.29 is 23.9 Å². The van der Waals surface area contributed by atoms with Crippen molar-refractivity contribution in [2.75, 3.05) is 13.2 Å². The van der Waals surface area contributed by atoms with E-state index in [2.05, 4.69) is 11.9 Å². The van der Waals surface area contributed by atoms with Gasteiger partial charge in [0.05, 0.1) is 12.2 Å². The van der Waals surface area contributed by atoms with Gasteiger partial charge in [-0.3, -0.25) is 14.9 Å². The number of ether oxygens (including phenoxy) is 2. The number of carbonyl (C=O) groups excluding carboxylic acids is 3. The van der Waals surface area contributed by atoms with E-state index in [1.165, 1.54) is 0 Å². The maximum absolute atomic E-state index is 12.3. The Bertz CT molecular complexity index is 608. The van der Waals surface area contributed by atoms with Gasteiger partial charge < -0.3 is 9.47 Å². The molecule has 0 aromatic heterocycles. The van der Waals surface area contributed by atoms with Gasteiger partial charge in [0, 0.05) is 11.1 Å². The summed E-state index contributed by atoms with van der Waals surface area (Å²) in [6, 6.07) is 0. The van der Waals surface area contributed by atoms with Crippen LogP contribution in [0.5, 0.6) is 0 Å². The molecule has 2 fully saturated rings. The number of esters is 1. The van der Waals surface area contributed by atoms with Crippen LogP contribution in [0.3, 0.4) is 0 Å². The summed E-state index contributed by atoms with van der Waals surface area (Å²) in [5, 5.41) is 2.38. The Hall–Kier alpha value is -1.95. The third kappa shape index (κ3) is 2.95. The van der Waals surface area contributed by atoms with Crippen molar-refractivity contribution in [1.29, 1.82) is 0 Å². The molecule has 6 heteroatoms. The van der Waals surface area contributed by atoms with Crippen LogP contribution in [0.15, 0.2) is 23.3 Å². The molecule has 3 rings (SSSR count). The lowest BCUT2D eigenvalue weighted by Gasteiger charge is -2.23. The number of carbonyl (C=O) groups is 3. The van der Waals surface area contributed by atoms with E-state index >= 15 is 0 Å². The lowest BCUT2D eigenvalue weighted by molar-refractivity contribution is -0.140. The van der Waals surface area contributed by atoms with Crippen LogP contribution >= 0.6 is 0 Å². The van der Waals surface area contributed by atoms with Crippen molar-refractivity contribution >= 4 is 17.8 Å². The highest BCUT2D eigenvalue weighted by Crippen LogP contribution is 2.43. The molecule has 1 saturated heterocycles. The summed E-state index contributed by atoms with van der Waals surface area (Å²) in [4.78, 5) is 36.1. The van der Waals surface area contributed by atoms with Crippen LogP contribution in [0, 0.1) is 5.92 Å². The minimum atomic E-state index is -0.964. The van der Waals surface area contributed by atoms with Crippen LogP contribution in [0.1, 0.15) is 39.0 Å². The fourth-order valence-corrected chi connectivity index (χ4v) is 3.39. The number of imide groups is 1. The predicted octanol–water partition coefficient (Wildman–Crippen LogP) is 1.41. The molecule has 1 atom stereocenters. The second kappa shape index (κ2) is 5.92. The molecule has 1 N–H and O–H groups in total. The number of amides is 2. The molecule has 2 heterocycles. The van der Waals surface area contributed by atoms with Gasteiger partial charge in [0.2, 0.25) is 0 Å². The Balaban J connectivity index is 1.85. The van der Waals surface area contributed by atoms with Crippen LogP contribution in [0.4, 0.5) is 0 Å². The van der Waals surface area contributed by atoms with Gasteiger partial charge in [-0.25, -0.2) is 4.79 Å². The van der Waals surface area contributed by atoms with Crippen LogP contribution in [-0.4, -0.2) is 36.6 Å². The summed E-state index contributed by atoms with van der Waals surface area (Å²) in [6.07, 6.45) is 5.08. The van der Waals surface area contributed by atoms with Crippen LogP contribution in [-0.2, 0) is 23.9 Å². The van der Waals surface area contributed by atoms with Crippen molar-refractivity contribution in [3.63, 3.8) is 0 Å². The fourth-order valence-electron chi connectivity index (χ4n) is 3.39. The first-order valence-corrected chi connectivity index (χ1v) is 8.01. The van der Waals surface area contributed by atoms with Gasteiger partial charge in [-0.2, -0.15) is 0 Å². The molecule has 0 aromatic rings. The van der Waals surface area contributed by atoms with Gasteiger partial charge >= 0.3 is 5.97 Å². The van der Waals surface area contributed by atoms with Crippen molar-refractivity contribution in [3.8, 4) is 0 Å². The molecule has 1 unspecified atom stereocenters. The summed E-state index contributed by atoms with van der Waals surface area (Å²) in [5.41, 5.74) is 0.227. The summed E-state index contributed by atoms with van der Waals surface area (Å²) in [6.45, 7) is 5.30. The van der Waals surface area contributed by atoms with Gasteiger partial charge in [0.1, 0.15) is 6.61 Å². The van der Waals surface area contributed by atoms with E-state index in [1.807, 2.05) is 0 Å². The van der Waals surface area contributed by atoms with E-state index in [0.717, 1.165) is 32.1 Å². The lowest BCUT2D eigenvalue weighted by Crippen LogP contribution is -2.31. The van der Waals surface area contributed by atoms with E-state index in [0.29, 0.717) is 11.1 Å². The zero-order valence-corrected chi connectivity index (χ0v) is 13.3. The number of hydrogen-bond acceptors (Lipinski definition) is 5. The Morgan fingerprint density at radius 1 is 1.30 bits per heavy atom. The Morgan fingerprint density at radius 2 is 1.96 bits per heavy atom. The molecule has 23 heavy (non-hydrogen) atoms. The largest absolute Gasteiger partial charge is 0.459 e. The molecule has 1 aliphatic carbocycles. The average molecular weight is 319 g/mol.